The molecule has 3 fully saturated rings. The maximum absolute atomic E-state index is 10.2. The van der Waals surface area contributed by atoms with Gasteiger partial charge in [-0.15, -0.1) is 0 Å². The quantitative estimate of drug-likeness (QED) is 0.645. The lowest BCUT2D eigenvalue weighted by Crippen LogP contribution is -2.54. The molecule has 0 aromatic heterocycles. The molecule has 0 amide bonds. The minimum absolute atomic E-state index is 0.129. The highest BCUT2D eigenvalue weighted by molar-refractivity contribution is 5.25. The van der Waals surface area contributed by atoms with Crippen LogP contribution in [0.2, 0.25) is 0 Å². The molecule has 154 valence electrons. The molecule has 3 N–H and O–H groups in total. The molecular formula is C23H39NO3. The molecule has 4 rings (SSSR count). The van der Waals surface area contributed by atoms with Gasteiger partial charge in [-0.1, -0.05) is 25.5 Å². The fourth-order valence-corrected chi connectivity index (χ4v) is 7.89. The Labute approximate surface area is 164 Å². The minimum Gasteiger partial charge on any atom is -0.395 e. The van der Waals surface area contributed by atoms with Crippen LogP contribution in [0.5, 0.6) is 0 Å². The molecule has 0 aromatic rings. The molecule has 27 heavy (non-hydrogen) atoms. The molecule has 0 heterocycles. The Morgan fingerprint density at radius 2 is 1.74 bits per heavy atom. The minimum atomic E-state index is -0.129. The van der Waals surface area contributed by atoms with Gasteiger partial charge in [0.15, 0.2) is 0 Å². The summed E-state index contributed by atoms with van der Waals surface area (Å²) < 4.78 is 0. The SMILES string of the molecule is C[C@]12CC[C@H]3[C@@H](CC=C4C[C@@H](O)CC[C@@]43C)[C@@H]1CC[C@H]2N(CCO)CCO. The van der Waals surface area contributed by atoms with E-state index >= 15 is 0 Å². The first-order valence-corrected chi connectivity index (χ1v) is 11.3. The first-order chi connectivity index (χ1) is 12.9. The van der Waals surface area contributed by atoms with Gasteiger partial charge in [-0.05, 0) is 80.0 Å². The monoisotopic (exact) mass is 377 g/mol. The van der Waals surface area contributed by atoms with Crippen molar-refractivity contribution in [3.8, 4) is 0 Å². The lowest BCUT2D eigenvalue weighted by atomic mass is 9.47. The zero-order valence-corrected chi connectivity index (χ0v) is 17.2. The molecule has 0 saturated heterocycles. The van der Waals surface area contributed by atoms with Crippen molar-refractivity contribution in [1.29, 1.82) is 0 Å². The normalized spacial score (nSPS) is 46.6. The van der Waals surface area contributed by atoms with Crippen molar-refractivity contribution in [1.82, 2.24) is 4.90 Å². The summed E-state index contributed by atoms with van der Waals surface area (Å²) in [4.78, 5) is 2.36. The van der Waals surface area contributed by atoms with Crippen LogP contribution in [0.15, 0.2) is 11.6 Å². The average Bonchev–Trinajstić information content (AvgIpc) is 2.99. The van der Waals surface area contributed by atoms with E-state index in [1.807, 2.05) is 0 Å². The second kappa shape index (κ2) is 7.44. The van der Waals surface area contributed by atoms with Crippen LogP contribution < -0.4 is 0 Å². The third-order valence-electron chi connectivity index (χ3n) is 9.24. The van der Waals surface area contributed by atoms with Crippen LogP contribution in [0, 0.1) is 28.6 Å². The van der Waals surface area contributed by atoms with E-state index < -0.39 is 0 Å². The zero-order valence-electron chi connectivity index (χ0n) is 17.2. The molecular weight excluding hydrogens is 338 g/mol. The molecule has 7 atom stereocenters. The Morgan fingerprint density at radius 3 is 2.44 bits per heavy atom. The summed E-state index contributed by atoms with van der Waals surface area (Å²) in [7, 11) is 0. The second-order valence-electron chi connectivity index (χ2n) is 10.3. The molecule has 3 saturated carbocycles. The van der Waals surface area contributed by atoms with Gasteiger partial charge >= 0.3 is 0 Å². The fourth-order valence-electron chi connectivity index (χ4n) is 7.89. The first-order valence-electron chi connectivity index (χ1n) is 11.3. The van der Waals surface area contributed by atoms with Crippen molar-refractivity contribution in [2.24, 2.45) is 28.6 Å². The van der Waals surface area contributed by atoms with E-state index in [9.17, 15) is 15.3 Å². The summed E-state index contributed by atoms with van der Waals surface area (Å²) in [6, 6.07) is 0.495. The number of aliphatic hydroxyl groups is 3. The Bertz CT molecular complexity index is 572. The molecule has 4 nitrogen and oxygen atoms in total. The number of rotatable bonds is 5. The average molecular weight is 378 g/mol. The van der Waals surface area contributed by atoms with Crippen molar-refractivity contribution in [3.63, 3.8) is 0 Å². The van der Waals surface area contributed by atoms with Gasteiger partial charge in [0, 0.05) is 19.1 Å². The van der Waals surface area contributed by atoms with Crippen molar-refractivity contribution in [2.75, 3.05) is 26.3 Å². The highest BCUT2D eigenvalue weighted by Crippen LogP contribution is 2.65. The van der Waals surface area contributed by atoms with Crippen LogP contribution in [0.3, 0.4) is 0 Å². The smallest absolute Gasteiger partial charge is 0.0577 e. The van der Waals surface area contributed by atoms with Gasteiger partial charge in [0.2, 0.25) is 0 Å². The molecule has 4 aliphatic carbocycles. The maximum atomic E-state index is 10.2. The number of hydrogen-bond donors (Lipinski definition) is 3. The van der Waals surface area contributed by atoms with Gasteiger partial charge in [-0.25, -0.2) is 0 Å². The van der Waals surface area contributed by atoms with E-state index in [1.54, 1.807) is 5.57 Å². The van der Waals surface area contributed by atoms with Crippen molar-refractivity contribution in [2.45, 2.75) is 77.4 Å². The fraction of sp³-hybridized carbons (Fsp3) is 0.913. The van der Waals surface area contributed by atoms with Crippen LogP contribution in [0.1, 0.15) is 65.2 Å². The maximum Gasteiger partial charge on any atom is 0.0577 e. The zero-order chi connectivity index (χ0) is 19.2. The second-order valence-corrected chi connectivity index (χ2v) is 10.3. The topological polar surface area (TPSA) is 63.9 Å². The summed E-state index contributed by atoms with van der Waals surface area (Å²) in [5.41, 5.74) is 2.15. The summed E-state index contributed by atoms with van der Waals surface area (Å²) >= 11 is 0. The summed E-state index contributed by atoms with van der Waals surface area (Å²) in [6.45, 7) is 6.70. The van der Waals surface area contributed by atoms with Crippen LogP contribution >= 0.6 is 0 Å². The molecule has 0 bridgehead atoms. The lowest BCUT2D eigenvalue weighted by molar-refractivity contribution is -0.0621. The van der Waals surface area contributed by atoms with Crippen molar-refractivity contribution in [3.05, 3.63) is 11.6 Å². The number of hydrogen-bond acceptors (Lipinski definition) is 4. The summed E-state index contributed by atoms with van der Waals surface area (Å²) in [5.74, 6) is 2.29. The Balaban J connectivity index is 1.58. The van der Waals surface area contributed by atoms with Crippen LogP contribution in [-0.4, -0.2) is 58.7 Å². The third-order valence-corrected chi connectivity index (χ3v) is 9.24. The first kappa shape index (κ1) is 19.9. The Kier molecular flexibility index (Phi) is 5.48. The highest BCUT2D eigenvalue weighted by Gasteiger charge is 2.59. The third kappa shape index (κ3) is 3.11. The van der Waals surface area contributed by atoms with E-state index in [4.69, 9.17) is 0 Å². The molecule has 0 aromatic carbocycles. The largest absolute Gasteiger partial charge is 0.395 e. The molecule has 4 heteroatoms. The van der Waals surface area contributed by atoms with Gasteiger partial charge in [-0.2, -0.15) is 0 Å². The van der Waals surface area contributed by atoms with E-state index in [0.717, 1.165) is 37.0 Å². The van der Waals surface area contributed by atoms with Crippen LogP contribution in [0.4, 0.5) is 0 Å². The van der Waals surface area contributed by atoms with Crippen molar-refractivity contribution >= 4 is 0 Å². The van der Waals surface area contributed by atoms with E-state index in [-0.39, 0.29) is 19.3 Å². The van der Waals surface area contributed by atoms with Crippen LogP contribution in [0.25, 0.3) is 0 Å². The number of aliphatic hydroxyl groups excluding tert-OH is 3. The molecule has 0 spiro atoms. The van der Waals surface area contributed by atoms with Crippen LogP contribution in [-0.2, 0) is 0 Å². The van der Waals surface area contributed by atoms with Gasteiger partial charge in [0.1, 0.15) is 0 Å². The van der Waals surface area contributed by atoms with E-state index in [2.05, 4.69) is 24.8 Å². The van der Waals surface area contributed by atoms with Crippen molar-refractivity contribution < 1.29 is 15.3 Å². The molecule has 0 aliphatic heterocycles. The molecule has 0 unspecified atom stereocenters. The predicted molar refractivity (Wildman–Crippen MR) is 107 cm³/mol. The lowest BCUT2D eigenvalue weighted by Gasteiger charge is -2.58. The van der Waals surface area contributed by atoms with Gasteiger partial charge in [0.05, 0.1) is 19.3 Å². The van der Waals surface area contributed by atoms with Gasteiger partial charge < -0.3 is 15.3 Å². The standard InChI is InChI=1S/C23H39NO3/c1-22-9-7-17(27)15-16(22)3-4-18-19-5-6-21(24(11-13-25)12-14-26)23(19,2)10-8-20(18)22/h3,17-21,25-27H,4-15H2,1-2H3/t17-,18-,19-,20-,21+,22-,23-/m0/s1. The predicted octanol–water partition coefficient (Wildman–Crippen LogP) is 2.97. The van der Waals surface area contributed by atoms with E-state index in [1.165, 1.54) is 32.1 Å². The van der Waals surface area contributed by atoms with E-state index in [0.29, 0.717) is 30.0 Å². The Morgan fingerprint density at radius 1 is 1.00 bits per heavy atom. The van der Waals surface area contributed by atoms with Gasteiger partial charge in [-0.3, -0.25) is 4.90 Å². The molecule has 4 aliphatic rings. The highest BCUT2D eigenvalue weighted by atomic mass is 16.3. The number of fused-ring (bicyclic) bond motifs is 5. The Hall–Kier alpha value is -0.420. The summed E-state index contributed by atoms with van der Waals surface area (Å²) in [6.07, 6.45) is 11.6. The van der Waals surface area contributed by atoms with Gasteiger partial charge in [0.25, 0.3) is 0 Å². The number of allylic oxidation sites excluding steroid dienone is 1. The number of nitrogens with zero attached hydrogens (tertiary/aromatic N) is 1. The molecule has 0 radical (unpaired) electrons. The summed E-state index contributed by atoms with van der Waals surface area (Å²) in [5, 5.41) is 29.2.